The van der Waals surface area contributed by atoms with Crippen LogP contribution >= 0.6 is 11.6 Å². The highest BCUT2D eigenvalue weighted by Crippen LogP contribution is 2.26. The SMILES string of the molecule is COC(=O)c1ccc(Cl)c(NC(=O)CN(C2CCCC2)S(C)(=O)=O)c1. The maximum atomic E-state index is 12.3. The molecule has 1 fully saturated rings. The maximum Gasteiger partial charge on any atom is 0.337 e. The van der Waals surface area contributed by atoms with E-state index in [0.717, 1.165) is 31.9 Å². The van der Waals surface area contributed by atoms with Crippen LogP contribution < -0.4 is 5.32 Å². The second kappa shape index (κ2) is 8.16. The number of sulfonamides is 1. The molecule has 1 amide bonds. The van der Waals surface area contributed by atoms with Gasteiger partial charge in [0.1, 0.15) is 0 Å². The molecule has 1 N–H and O–H groups in total. The van der Waals surface area contributed by atoms with Crippen molar-refractivity contribution in [1.29, 1.82) is 0 Å². The van der Waals surface area contributed by atoms with E-state index in [1.54, 1.807) is 0 Å². The Bertz CT molecular complexity index is 760. The number of nitrogens with one attached hydrogen (secondary N) is 1. The smallest absolute Gasteiger partial charge is 0.337 e. The van der Waals surface area contributed by atoms with E-state index in [2.05, 4.69) is 10.1 Å². The molecule has 1 saturated carbocycles. The number of carbonyl (C=O) groups excluding carboxylic acids is 2. The monoisotopic (exact) mass is 388 g/mol. The second-order valence-electron chi connectivity index (χ2n) is 5.98. The van der Waals surface area contributed by atoms with Crippen LogP contribution in [0.1, 0.15) is 36.0 Å². The van der Waals surface area contributed by atoms with Gasteiger partial charge in [0.05, 0.1) is 36.2 Å². The molecule has 138 valence electrons. The van der Waals surface area contributed by atoms with Gasteiger partial charge in [-0.05, 0) is 31.0 Å². The van der Waals surface area contributed by atoms with Crippen LogP contribution in [0.3, 0.4) is 0 Å². The number of hydrogen-bond donors (Lipinski definition) is 1. The quantitative estimate of drug-likeness (QED) is 0.754. The molecule has 0 atom stereocenters. The molecule has 1 aliphatic carbocycles. The van der Waals surface area contributed by atoms with Gasteiger partial charge in [-0.15, -0.1) is 0 Å². The lowest BCUT2D eigenvalue weighted by Gasteiger charge is -2.25. The second-order valence-corrected chi connectivity index (χ2v) is 8.32. The van der Waals surface area contributed by atoms with Crippen molar-refractivity contribution in [2.24, 2.45) is 0 Å². The number of nitrogens with zero attached hydrogens (tertiary/aromatic N) is 1. The van der Waals surface area contributed by atoms with Crippen molar-refractivity contribution >= 4 is 39.2 Å². The summed E-state index contributed by atoms with van der Waals surface area (Å²) < 4.78 is 29.9. The predicted molar refractivity (Wildman–Crippen MR) is 95.2 cm³/mol. The van der Waals surface area contributed by atoms with Crippen molar-refractivity contribution in [2.45, 2.75) is 31.7 Å². The van der Waals surface area contributed by atoms with Crippen LogP contribution in [0, 0.1) is 0 Å². The van der Waals surface area contributed by atoms with Crippen LogP contribution in [-0.2, 0) is 19.6 Å². The lowest BCUT2D eigenvalue weighted by Crippen LogP contribution is -2.43. The number of hydrogen-bond acceptors (Lipinski definition) is 5. The number of ether oxygens (including phenoxy) is 1. The van der Waals surface area contributed by atoms with E-state index in [0.29, 0.717) is 0 Å². The summed E-state index contributed by atoms with van der Waals surface area (Å²) >= 11 is 6.04. The number of benzene rings is 1. The van der Waals surface area contributed by atoms with Crippen molar-refractivity contribution in [2.75, 3.05) is 25.2 Å². The number of halogens is 1. The molecule has 0 heterocycles. The Morgan fingerprint density at radius 1 is 1.32 bits per heavy atom. The number of esters is 1. The minimum Gasteiger partial charge on any atom is -0.465 e. The first-order valence-electron chi connectivity index (χ1n) is 7.87. The molecule has 1 aliphatic rings. The van der Waals surface area contributed by atoms with Crippen molar-refractivity contribution in [3.05, 3.63) is 28.8 Å². The van der Waals surface area contributed by atoms with Crippen molar-refractivity contribution in [3.8, 4) is 0 Å². The van der Waals surface area contributed by atoms with Crippen LogP contribution in [0.2, 0.25) is 5.02 Å². The zero-order valence-electron chi connectivity index (χ0n) is 14.1. The van der Waals surface area contributed by atoms with Crippen LogP contribution in [-0.4, -0.2) is 50.6 Å². The van der Waals surface area contributed by atoms with E-state index in [9.17, 15) is 18.0 Å². The molecule has 9 heteroatoms. The standard InChI is InChI=1S/C16H21ClN2O5S/c1-24-16(21)11-7-8-13(17)14(9-11)18-15(20)10-19(25(2,22)23)12-5-3-4-6-12/h7-9,12H,3-6,10H2,1-2H3,(H,18,20). The van der Waals surface area contributed by atoms with Crippen molar-refractivity contribution < 1.29 is 22.7 Å². The minimum absolute atomic E-state index is 0.155. The third-order valence-corrected chi connectivity index (χ3v) is 5.73. The molecule has 0 unspecified atom stereocenters. The first-order valence-corrected chi connectivity index (χ1v) is 10.1. The Morgan fingerprint density at radius 2 is 1.96 bits per heavy atom. The molecule has 0 spiro atoms. The molecular weight excluding hydrogens is 368 g/mol. The summed E-state index contributed by atoms with van der Waals surface area (Å²) in [5.41, 5.74) is 0.465. The first-order chi connectivity index (χ1) is 11.7. The van der Waals surface area contributed by atoms with Crippen LogP contribution in [0.15, 0.2) is 18.2 Å². The summed E-state index contributed by atoms with van der Waals surface area (Å²) in [7, 11) is -2.26. The normalized spacial score (nSPS) is 15.4. The summed E-state index contributed by atoms with van der Waals surface area (Å²) in [6, 6.07) is 4.18. The highest BCUT2D eigenvalue weighted by atomic mass is 35.5. The number of anilines is 1. The molecule has 2 rings (SSSR count). The minimum atomic E-state index is -3.51. The Balaban J connectivity index is 2.14. The topological polar surface area (TPSA) is 92.8 Å². The number of rotatable bonds is 6. The van der Waals surface area contributed by atoms with E-state index >= 15 is 0 Å². The Kier molecular flexibility index (Phi) is 6.42. The van der Waals surface area contributed by atoms with Crippen molar-refractivity contribution in [3.63, 3.8) is 0 Å². The molecule has 7 nitrogen and oxygen atoms in total. The van der Waals surface area contributed by atoms with Crippen LogP contribution in [0.25, 0.3) is 0 Å². The molecular formula is C16H21ClN2O5S. The van der Waals surface area contributed by atoms with Gasteiger partial charge < -0.3 is 10.1 Å². The Hall–Kier alpha value is -1.64. The summed E-state index contributed by atoms with van der Waals surface area (Å²) in [6.07, 6.45) is 4.50. The highest BCUT2D eigenvalue weighted by Gasteiger charge is 2.31. The van der Waals surface area contributed by atoms with Gasteiger partial charge in [0, 0.05) is 6.04 Å². The third kappa shape index (κ3) is 5.17. The number of carbonyl (C=O) groups is 2. The molecule has 0 aromatic heterocycles. The highest BCUT2D eigenvalue weighted by molar-refractivity contribution is 7.88. The fraction of sp³-hybridized carbons (Fsp3) is 0.500. The zero-order valence-corrected chi connectivity index (χ0v) is 15.7. The zero-order chi connectivity index (χ0) is 18.6. The van der Waals surface area contributed by atoms with Gasteiger partial charge in [0.2, 0.25) is 15.9 Å². The van der Waals surface area contributed by atoms with Gasteiger partial charge in [-0.2, -0.15) is 4.31 Å². The average molecular weight is 389 g/mol. The number of methoxy groups -OCH3 is 1. The molecule has 1 aromatic carbocycles. The van der Waals surface area contributed by atoms with E-state index in [4.69, 9.17) is 11.6 Å². The third-order valence-electron chi connectivity index (χ3n) is 4.12. The Morgan fingerprint density at radius 3 is 2.52 bits per heavy atom. The lowest BCUT2D eigenvalue weighted by atomic mass is 10.2. The Labute approximate surface area is 152 Å². The van der Waals surface area contributed by atoms with Gasteiger partial charge in [-0.1, -0.05) is 24.4 Å². The largest absolute Gasteiger partial charge is 0.465 e. The van der Waals surface area contributed by atoms with E-state index in [1.165, 1.54) is 29.6 Å². The molecule has 0 bridgehead atoms. The first kappa shape index (κ1) is 19.7. The predicted octanol–water partition coefficient (Wildman–Crippen LogP) is 2.27. The summed E-state index contributed by atoms with van der Waals surface area (Å²) in [6.45, 7) is -0.289. The average Bonchev–Trinajstić information content (AvgIpc) is 3.06. The summed E-state index contributed by atoms with van der Waals surface area (Å²) in [5.74, 6) is -1.07. The van der Waals surface area contributed by atoms with Crippen LogP contribution in [0.5, 0.6) is 0 Å². The summed E-state index contributed by atoms with van der Waals surface area (Å²) in [5, 5.41) is 2.81. The molecule has 0 saturated heterocycles. The van der Waals surface area contributed by atoms with Gasteiger partial charge in [0.15, 0.2) is 0 Å². The molecule has 25 heavy (non-hydrogen) atoms. The van der Waals surface area contributed by atoms with Gasteiger partial charge >= 0.3 is 5.97 Å². The van der Waals surface area contributed by atoms with Crippen molar-refractivity contribution in [1.82, 2.24) is 4.31 Å². The number of amides is 1. The van der Waals surface area contributed by atoms with E-state index in [-0.39, 0.29) is 28.9 Å². The van der Waals surface area contributed by atoms with Crippen LogP contribution in [0.4, 0.5) is 5.69 Å². The van der Waals surface area contributed by atoms with E-state index < -0.39 is 21.9 Å². The van der Waals surface area contributed by atoms with Gasteiger partial charge in [-0.3, -0.25) is 4.79 Å². The molecule has 1 aromatic rings. The summed E-state index contributed by atoms with van der Waals surface area (Å²) in [4.78, 5) is 23.9. The van der Waals surface area contributed by atoms with Gasteiger partial charge in [-0.25, -0.2) is 13.2 Å². The maximum absolute atomic E-state index is 12.3. The molecule has 0 radical (unpaired) electrons. The lowest BCUT2D eigenvalue weighted by molar-refractivity contribution is -0.116. The fourth-order valence-electron chi connectivity index (χ4n) is 2.91. The van der Waals surface area contributed by atoms with E-state index in [1.807, 2.05) is 0 Å². The molecule has 0 aliphatic heterocycles. The van der Waals surface area contributed by atoms with Gasteiger partial charge in [0.25, 0.3) is 0 Å². The fourth-order valence-corrected chi connectivity index (χ4v) is 4.18.